The lowest BCUT2D eigenvalue weighted by atomic mass is 10.5. The van der Waals surface area contributed by atoms with Crippen LogP contribution in [-0.4, -0.2) is 41.9 Å². The zero-order valence-corrected chi connectivity index (χ0v) is 6.89. The summed E-state index contributed by atoms with van der Waals surface area (Å²) in [6.07, 6.45) is -0.322. The molecule has 1 rings (SSSR count). The first-order valence-electron chi connectivity index (χ1n) is 3.74. The second kappa shape index (κ2) is 2.68. The van der Waals surface area contributed by atoms with Gasteiger partial charge in [-0.25, -0.2) is 4.90 Å². The number of aliphatic hydroxyl groups is 1. The van der Waals surface area contributed by atoms with Gasteiger partial charge in [0.1, 0.15) is 6.54 Å². The minimum absolute atomic E-state index is 0.322. The molecule has 3 heteroatoms. The van der Waals surface area contributed by atoms with Gasteiger partial charge in [0.2, 0.25) is 0 Å². The highest BCUT2D eigenvalue weighted by Crippen LogP contribution is 1.87. The third-order valence-electron chi connectivity index (χ3n) is 2.23. The van der Waals surface area contributed by atoms with Crippen LogP contribution < -0.4 is 4.90 Å². The Bertz CT molecular complexity index is 163. The van der Waals surface area contributed by atoms with Crippen LogP contribution in [0.4, 0.5) is 0 Å². The molecule has 0 amide bonds. The maximum atomic E-state index is 9.23. The topological polar surface area (TPSA) is 27.7 Å². The predicted molar refractivity (Wildman–Crippen MR) is 39.2 cm³/mol. The quantitative estimate of drug-likeness (QED) is 0.421. The maximum Gasteiger partial charge on any atom is 0.335 e. The molecule has 0 saturated heterocycles. The van der Waals surface area contributed by atoms with E-state index in [1.807, 2.05) is 11.5 Å². The Morgan fingerprint density at radius 3 is 2.50 bits per heavy atom. The molecule has 0 aromatic carbocycles. The molecule has 2 atom stereocenters. The van der Waals surface area contributed by atoms with Crippen LogP contribution in [-0.2, 0) is 0 Å². The van der Waals surface area contributed by atoms with E-state index in [1.54, 1.807) is 0 Å². The predicted octanol–water partition coefficient (Wildman–Crippen LogP) is -1.72. The summed E-state index contributed by atoms with van der Waals surface area (Å²) >= 11 is 0. The van der Waals surface area contributed by atoms with E-state index in [-0.39, 0.29) is 6.23 Å². The third-order valence-corrected chi connectivity index (χ3v) is 2.23. The van der Waals surface area contributed by atoms with Crippen LogP contribution in [0.25, 0.3) is 0 Å². The van der Waals surface area contributed by atoms with Gasteiger partial charge in [-0.3, -0.25) is 0 Å². The van der Waals surface area contributed by atoms with Crippen LogP contribution in [0.5, 0.6) is 0 Å². The van der Waals surface area contributed by atoms with Crippen molar-refractivity contribution in [1.82, 2.24) is 0 Å². The van der Waals surface area contributed by atoms with Crippen LogP contribution in [0.1, 0.15) is 13.8 Å². The molecule has 58 valence electrons. The van der Waals surface area contributed by atoms with Crippen molar-refractivity contribution in [3.05, 3.63) is 0 Å². The van der Waals surface area contributed by atoms with Crippen LogP contribution in [0.15, 0.2) is 0 Å². The van der Waals surface area contributed by atoms with Gasteiger partial charge in [-0.15, -0.1) is 0 Å². The molecule has 0 aliphatic carbocycles. The van der Waals surface area contributed by atoms with Crippen molar-refractivity contribution in [3.8, 4) is 0 Å². The first kappa shape index (κ1) is 7.69. The molecule has 0 saturated carbocycles. The first-order chi connectivity index (χ1) is 4.63. The van der Waals surface area contributed by atoms with Crippen molar-refractivity contribution in [3.63, 3.8) is 0 Å². The minimum Gasteiger partial charge on any atom is -0.337 e. The molecule has 0 aromatic rings. The molecule has 1 heterocycles. The average Bonchev–Trinajstić information content (AvgIpc) is 2.14. The fraction of sp³-hybridized carbons (Fsp3) is 0.857. The van der Waals surface area contributed by atoms with E-state index < -0.39 is 0 Å². The lowest BCUT2D eigenvalue weighted by Crippen LogP contribution is -3.10. The largest absolute Gasteiger partial charge is 0.337 e. The summed E-state index contributed by atoms with van der Waals surface area (Å²) in [4.78, 5) is 1.40. The van der Waals surface area contributed by atoms with E-state index in [1.165, 1.54) is 10.7 Å². The standard InChI is InChI=1S/C7H15N2O/c1-6-8(3)4-5-9(6)7(2)10/h7,10H,4-5H2,1-3H3/q+1/p+1. The Kier molecular flexibility index (Phi) is 2.06. The van der Waals surface area contributed by atoms with Gasteiger partial charge < -0.3 is 5.11 Å². The number of amidine groups is 1. The summed E-state index contributed by atoms with van der Waals surface area (Å²) in [6, 6.07) is 0. The van der Waals surface area contributed by atoms with Crippen molar-refractivity contribution in [2.75, 3.05) is 20.1 Å². The number of rotatable bonds is 1. The fourth-order valence-electron chi connectivity index (χ4n) is 1.35. The average molecular weight is 144 g/mol. The Labute approximate surface area is 61.6 Å². The smallest absolute Gasteiger partial charge is 0.335 e. The van der Waals surface area contributed by atoms with Crippen molar-refractivity contribution in [1.29, 1.82) is 0 Å². The van der Waals surface area contributed by atoms with Gasteiger partial charge in [0, 0.05) is 6.92 Å². The summed E-state index contributed by atoms with van der Waals surface area (Å²) in [7, 11) is 2.12. The Morgan fingerprint density at radius 2 is 2.30 bits per heavy atom. The van der Waals surface area contributed by atoms with Crippen LogP contribution in [0.3, 0.4) is 0 Å². The molecule has 0 fully saturated rings. The van der Waals surface area contributed by atoms with Gasteiger partial charge in [0.15, 0.2) is 6.54 Å². The summed E-state index contributed by atoms with van der Waals surface area (Å²) in [5, 5.41) is 9.23. The van der Waals surface area contributed by atoms with E-state index in [9.17, 15) is 5.11 Å². The van der Waals surface area contributed by atoms with Crippen molar-refractivity contribution < 1.29 is 14.6 Å². The normalized spacial score (nSPS) is 29.4. The number of nitrogens with zero attached hydrogens (tertiary/aromatic N) is 1. The number of hydrogen-bond donors (Lipinski definition) is 2. The van der Waals surface area contributed by atoms with E-state index >= 15 is 0 Å². The summed E-state index contributed by atoms with van der Waals surface area (Å²) in [5.74, 6) is 1.25. The van der Waals surface area contributed by atoms with Gasteiger partial charge in [0.05, 0.1) is 14.0 Å². The van der Waals surface area contributed by atoms with E-state index in [4.69, 9.17) is 0 Å². The van der Waals surface area contributed by atoms with Crippen molar-refractivity contribution in [2.24, 2.45) is 0 Å². The van der Waals surface area contributed by atoms with Crippen molar-refractivity contribution >= 4 is 5.84 Å². The zero-order chi connectivity index (χ0) is 7.72. The first-order valence-corrected chi connectivity index (χ1v) is 3.74. The van der Waals surface area contributed by atoms with Crippen LogP contribution in [0, 0.1) is 0 Å². The second-order valence-electron chi connectivity index (χ2n) is 2.94. The van der Waals surface area contributed by atoms with Gasteiger partial charge >= 0.3 is 5.84 Å². The van der Waals surface area contributed by atoms with Gasteiger partial charge in [-0.05, 0) is 0 Å². The van der Waals surface area contributed by atoms with Gasteiger partial charge in [0.25, 0.3) is 6.23 Å². The SMILES string of the molecule is CC1=[N+](C(C)O)CC[NH+]1C. The molecular formula is C7H16N2O+2. The molecule has 10 heavy (non-hydrogen) atoms. The maximum absolute atomic E-state index is 9.23. The zero-order valence-electron chi connectivity index (χ0n) is 6.89. The van der Waals surface area contributed by atoms with Crippen LogP contribution in [0.2, 0.25) is 0 Å². The van der Waals surface area contributed by atoms with E-state index in [2.05, 4.69) is 14.0 Å². The molecule has 1 aliphatic rings. The fourth-order valence-corrected chi connectivity index (χ4v) is 1.35. The highest BCUT2D eigenvalue weighted by molar-refractivity contribution is 5.65. The molecule has 0 aromatic heterocycles. The molecule has 2 unspecified atom stereocenters. The Hall–Kier alpha value is -0.410. The van der Waals surface area contributed by atoms with Gasteiger partial charge in [-0.2, -0.15) is 4.58 Å². The molecular weight excluding hydrogens is 128 g/mol. The lowest BCUT2D eigenvalue weighted by Gasteiger charge is -1.99. The minimum atomic E-state index is -0.322. The highest BCUT2D eigenvalue weighted by Gasteiger charge is 2.30. The Balaban J connectivity index is 2.75. The van der Waals surface area contributed by atoms with E-state index in [0.717, 1.165) is 13.1 Å². The summed E-state index contributed by atoms with van der Waals surface area (Å²) in [5.41, 5.74) is 0. The molecule has 0 radical (unpaired) electrons. The van der Waals surface area contributed by atoms with Crippen molar-refractivity contribution in [2.45, 2.75) is 20.1 Å². The number of quaternary nitrogens is 1. The third kappa shape index (κ3) is 1.20. The lowest BCUT2D eigenvalue weighted by molar-refractivity contribution is -0.779. The molecule has 2 N–H and O–H groups in total. The number of likely N-dealkylation sites (N-methyl/N-ethyl adjacent to an activating group) is 1. The molecule has 0 bridgehead atoms. The van der Waals surface area contributed by atoms with Crippen LogP contribution >= 0.6 is 0 Å². The second-order valence-corrected chi connectivity index (χ2v) is 2.94. The number of nitrogens with one attached hydrogen (secondary N) is 1. The molecule has 3 nitrogen and oxygen atoms in total. The monoisotopic (exact) mass is 144 g/mol. The van der Waals surface area contributed by atoms with Gasteiger partial charge in [-0.1, -0.05) is 0 Å². The van der Waals surface area contributed by atoms with E-state index in [0.29, 0.717) is 0 Å². The number of aliphatic hydroxyl groups excluding tert-OH is 1. The Morgan fingerprint density at radius 1 is 1.70 bits per heavy atom. The molecule has 1 aliphatic heterocycles. The summed E-state index contributed by atoms with van der Waals surface area (Å²) in [6.45, 7) is 5.96. The molecule has 0 spiro atoms. The highest BCUT2D eigenvalue weighted by atomic mass is 16.3. The number of hydrogen-bond acceptors (Lipinski definition) is 1. The summed E-state index contributed by atoms with van der Waals surface area (Å²) < 4.78 is 2.02.